The van der Waals surface area contributed by atoms with Gasteiger partial charge in [0.15, 0.2) is 0 Å². The summed E-state index contributed by atoms with van der Waals surface area (Å²) in [6, 6.07) is -0.679. The maximum Gasteiger partial charge on any atom is 0.327 e. The number of nitrogens with zero attached hydrogens (tertiary/aromatic N) is 1. The van der Waals surface area contributed by atoms with Crippen LogP contribution in [-0.4, -0.2) is 45.2 Å². The van der Waals surface area contributed by atoms with Gasteiger partial charge in [-0.25, -0.2) is 9.59 Å². The number of carboxylic acid groups (broad SMARTS) is 1. The Hall–Kier alpha value is -0.910. The van der Waals surface area contributed by atoms with Crippen molar-refractivity contribution < 1.29 is 14.7 Å². The fourth-order valence-corrected chi connectivity index (χ4v) is 4.28. The number of carbonyl (C=O) groups is 2. The van der Waals surface area contributed by atoms with Crippen molar-refractivity contribution in [1.29, 1.82) is 0 Å². The van der Waals surface area contributed by atoms with Crippen molar-refractivity contribution in [3.63, 3.8) is 0 Å². The van der Waals surface area contributed by atoms with Crippen LogP contribution in [0.5, 0.6) is 0 Å². The van der Waals surface area contributed by atoms with E-state index < -0.39 is 12.0 Å². The summed E-state index contributed by atoms with van der Waals surface area (Å²) < 4.78 is 0. The average Bonchev–Trinajstić information content (AvgIpc) is 2.95. The molecule has 2 aliphatic rings. The van der Waals surface area contributed by atoms with E-state index in [9.17, 15) is 14.7 Å². The van der Waals surface area contributed by atoms with Gasteiger partial charge in [-0.1, -0.05) is 26.7 Å². The summed E-state index contributed by atoms with van der Waals surface area (Å²) in [5.41, 5.74) is 0. The zero-order valence-electron chi connectivity index (χ0n) is 11.5. The molecule has 0 radical (unpaired) electrons. The smallest absolute Gasteiger partial charge is 0.327 e. The molecule has 0 aromatic rings. The van der Waals surface area contributed by atoms with Crippen LogP contribution in [0.1, 0.15) is 39.5 Å². The minimum atomic E-state index is -0.905. The van der Waals surface area contributed by atoms with Gasteiger partial charge < -0.3 is 10.4 Å². The molecular formula is C13H22N2O3S. The molecule has 0 aromatic carbocycles. The molecule has 1 heterocycles. The number of carboxylic acids is 1. The van der Waals surface area contributed by atoms with Crippen molar-refractivity contribution in [2.45, 2.75) is 57.0 Å². The van der Waals surface area contributed by atoms with Crippen molar-refractivity contribution in [2.24, 2.45) is 5.92 Å². The number of nitrogens with one attached hydrogen (secondary N) is 1. The van der Waals surface area contributed by atoms with E-state index in [-0.39, 0.29) is 23.4 Å². The van der Waals surface area contributed by atoms with Crippen LogP contribution < -0.4 is 5.32 Å². The van der Waals surface area contributed by atoms with Crippen LogP contribution >= 0.6 is 11.8 Å². The highest BCUT2D eigenvalue weighted by molar-refractivity contribution is 8.00. The van der Waals surface area contributed by atoms with E-state index in [4.69, 9.17) is 0 Å². The SMILES string of the molecule is CC(C)C1SCC(C(=O)O)N1C(=O)NC1CCCC1. The molecule has 2 fully saturated rings. The predicted molar refractivity (Wildman–Crippen MR) is 75.1 cm³/mol. The summed E-state index contributed by atoms with van der Waals surface area (Å²) in [7, 11) is 0. The number of rotatable bonds is 3. The van der Waals surface area contributed by atoms with Crippen molar-refractivity contribution in [1.82, 2.24) is 10.2 Å². The summed E-state index contributed by atoms with van der Waals surface area (Å²) in [5.74, 6) is -0.170. The van der Waals surface area contributed by atoms with Crippen molar-refractivity contribution in [2.75, 3.05) is 5.75 Å². The van der Waals surface area contributed by atoms with Crippen LogP contribution in [0.2, 0.25) is 0 Å². The van der Waals surface area contributed by atoms with E-state index in [0.717, 1.165) is 25.7 Å². The average molecular weight is 286 g/mol. The highest BCUT2D eigenvalue weighted by Crippen LogP contribution is 2.34. The van der Waals surface area contributed by atoms with E-state index in [1.54, 1.807) is 11.8 Å². The molecule has 0 bridgehead atoms. The van der Waals surface area contributed by atoms with Crippen LogP contribution in [0.3, 0.4) is 0 Å². The Kier molecular flexibility index (Phi) is 4.60. The van der Waals surface area contributed by atoms with E-state index in [1.165, 1.54) is 4.90 Å². The second-order valence-electron chi connectivity index (χ2n) is 5.66. The molecule has 2 rings (SSSR count). The number of amides is 2. The van der Waals surface area contributed by atoms with Crippen LogP contribution in [0, 0.1) is 5.92 Å². The summed E-state index contributed by atoms with van der Waals surface area (Å²) in [6.45, 7) is 4.05. The summed E-state index contributed by atoms with van der Waals surface area (Å²) in [4.78, 5) is 25.2. The van der Waals surface area contributed by atoms with Gasteiger partial charge in [0, 0.05) is 11.8 Å². The molecule has 0 spiro atoms. The molecule has 5 nitrogen and oxygen atoms in total. The first-order valence-electron chi connectivity index (χ1n) is 6.94. The van der Waals surface area contributed by atoms with E-state index in [1.807, 2.05) is 13.8 Å². The molecule has 2 unspecified atom stereocenters. The maximum atomic E-state index is 12.4. The summed E-state index contributed by atoms with van der Waals surface area (Å²) in [5, 5.41) is 12.2. The van der Waals surface area contributed by atoms with Crippen molar-refractivity contribution >= 4 is 23.8 Å². The van der Waals surface area contributed by atoms with Gasteiger partial charge in [-0.05, 0) is 18.8 Å². The largest absolute Gasteiger partial charge is 0.480 e. The molecule has 1 aliphatic heterocycles. The van der Waals surface area contributed by atoms with E-state index >= 15 is 0 Å². The maximum absolute atomic E-state index is 12.4. The lowest BCUT2D eigenvalue weighted by atomic mass is 10.1. The van der Waals surface area contributed by atoms with Gasteiger partial charge in [0.05, 0.1) is 5.37 Å². The molecule has 2 amide bonds. The van der Waals surface area contributed by atoms with Crippen molar-refractivity contribution in [3.8, 4) is 0 Å². The lowest BCUT2D eigenvalue weighted by molar-refractivity contribution is -0.141. The van der Waals surface area contributed by atoms with Crippen LogP contribution in [0.25, 0.3) is 0 Å². The molecule has 0 aromatic heterocycles. The fraction of sp³-hybridized carbons (Fsp3) is 0.846. The zero-order chi connectivity index (χ0) is 14.0. The second kappa shape index (κ2) is 6.03. The third-order valence-electron chi connectivity index (χ3n) is 3.81. The Balaban J connectivity index is 2.06. The third-order valence-corrected chi connectivity index (χ3v) is 5.43. The number of hydrogen-bond acceptors (Lipinski definition) is 3. The second-order valence-corrected chi connectivity index (χ2v) is 6.81. The first-order valence-corrected chi connectivity index (χ1v) is 7.99. The highest BCUT2D eigenvalue weighted by atomic mass is 32.2. The first-order chi connectivity index (χ1) is 9.00. The molecule has 6 heteroatoms. The van der Waals surface area contributed by atoms with Gasteiger partial charge in [0.2, 0.25) is 0 Å². The standard InChI is InChI=1S/C13H22N2O3S/c1-8(2)11-15(10(7-19-11)12(16)17)13(18)14-9-5-3-4-6-9/h8-11H,3-7H2,1-2H3,(H,14,18)(H,16,17). The molecule has 1 saturated heterocycles. The minimum absolute atomic E-state index is 0.0393. The molecule has 2 N–H and O–H groups in total. The number of carbonyl (C=O) groups excluding carboxylic acids is 1. The molecule has 108 valence electrons. The normalized spacial score (nSPS) is 28.1. The Morgan fingerprint density at radius 3 is 2.47 bits per heavy atom. The molecule has 2 atom stereocenters. The number of urea groups is 1. The fourth-order valence-electron chi connectivity index (χ4n) is 2.81. The predicted octanol–water partition coefficient (Wildman–Crippen LogP) is 2.12. The van der Waals surface area contributed by atoms with Gasteiger partial charge in [0.25, 0.3) is 0 Å². The number of hydrogen-bond donors (Lipinski definition) is 2. The Morgan fingerprint density at radius 2 is 1.95 bits per heavy atom. The van der Waals surface area contributed by atoms with Gasteiger partial charge in [-0.2, -0.15) is 0 Å². The number of thioether (sulfide) groups is 1. The highest BCUT2D eigenvalue weighted by Gasteiger charge is 2.43. The van der Waals surface area contributed by atoms with Gasteiger partial charge >= 0.3 is 12.0 Å². The summed E-state index contributed by atoms with van der Waals surface area (Å²) >= 11 is 1.57. The van der Waals surface area contributed by atoms with Gasteiger partial charge in [0.1, 0.15) is 6.04 Å². The monoisotopic (exact) mass is 286 g/mol. The van der Waals surface area contributed by atoms with Crippen LogP contribution in [0.4, 0.5) is 4.79 Å². The molecule has 1 saturated carbocycles. The van der Waals surface area contributed by atoms with E-state index in [2.05, 4.69) is 5.32 Å². The quantitative estimate of drug-likeness (QED) is 0.834. The molecule has 1 aliphatic carbocycles. The lowest BCUT2D eigenvalue weighted by Gasteiger charge is -2.31. The van der Waals surface area contributed by atoms with Crippen molar-refractivity contribution in [3.05, 3.63) is 0 Å². The zero-order valence-corrected chi connectivity index (χ0v) is 12.3. The van der Waals surface area contributed by atoms with Crippen LogP contribution in [0.15, 0.2) is 0 Å². The lowest BCUT2D eigenvalue weighted by Crippen LogP contribution is -2.53. The number of aliphatic carboxylic acids is 1. The molecule has 19 heavy (non-hydrogen) atoms. The summed E-state index contributed by atoms with van der Waals surface area (Å²) in [6.07, 6.45) is 4.32. The Bertz CT molecular complexity index is 356. The first kappa shape index (κ1) is 14.5. The Morgan fingerprint density at radius 1 is 1.32 bits per heavy atom. The topological polar surface area (TPSA) is 69.6 Å². The third kappa shape index (κ3) is 3.16. The van der Waals surface area contributed by atoms with Crippen LogP contribution in [-0.2, 0) is 4.79 Å². The van der Waals surface area contributed by atoms with E-state index in [0.29, 0.717) is 5.75 Å². The van der Waals surface area contributed by atoms with Gasteiger partial charge in [-0.3, -0.25) is 4.90 Å². The van der Waals surface area contributed by atoms with Gasteiger partial charge in [-0.15, -0.1) is 11.8 Å². The molecular weight excluding hydrogens is 264 g/mol. The minimum Gasteiger partial charge on any atom is -0.480 e. The Labute approximate surface area is 118 Å².